The molecule has 0 radical (unpaired) electrons. The van der Waals surface area contributed by atoms with Gasteiger partial charge in [0.1, 0.15) is 18.1 Å². The Labute approximate surface area is 97.9 Å². The summed E-state index contributed by atoms with van der Waals surface area (Å²) in [4.78, 5) is 0. The maximum absolute atomic E-state index is 5.60. The fraction of sp³-hybridized carbons (Fsp3) is 0.429. The molecule has 1 rings (SSSR count). The molecule has 0 aliphatic heterocycles. The van der Waals surface area contributed by atoms with Crippen molar-refractivity contribution in [2.75, 3.05) is 13.2 Å². The van der Waals surface area contributed by atoms with E-state index in [9.17, 15) is 0 Å². The van der Waals surface area contributed by atoms with Gasteiger partial charge in [0.25, 0.3) is 0 Å². The van der Waals surface area contributed by atoms with Crippen molar-refractivity contribution in [1.29, 1.82) is 0 Å². The van der Waals surface area contributed by atoms with Gasteiger partial charge >= 0.3 is 0 Å². The van der Waals surface area contributed by atoms with Crippen molar-refractivity contribution in [3.8, 4) is 11.5 Å². The molecule has 2 nitrogen and oxygen atoms in total. The number of rotatable bonds is 5. The third-order valence-electron chi connectivity index (χ3n) is 2.30. The highest BCUT2D eigenvalue weighted by molar-refractivity contribution is 5.45. The number of benzene rings is 1. The van der Waals surface area contributed by atoms with E-state index in [1.807, 2.05) is 52.0 Å². The second-order valence-corrected chi connectivity index (χ2v) is 3.70. The van der Waals surface area contributed by atoms with E-state index in [1.165, 1.54) is 0 Å². The summed E-state index contributed by atoms with van der Waals surface area (Å²) in [6, 6.07) is 4.03. The third-order valence-corrected chi connectivity index (χ3v) is 2.30. The first kappa shape index (κ1) is 12.6. The van der Waals surface area contributed by atoms with Gasteiger partial charge in [-0.15, -0.1) is 0 Å². The van der Waals surface area contributed by atoms with E-state index in [0.29, 0.717) is 13.2 Å². The van der Waals surface area contributed by atoms with Gasteiger partial charge in [-0.05, 0) is 51.0 Å². The minimum atomic E-state index is 0.614. The fourth-order valence-electron chi connectivity index (χ4n) is 1.61. The van der Waals surface area contributed by atoms with Gasteiger partial charge in [-0.3, -0.25) is 0 Å². The first-order valence-corrected chi connectivity index (χ1v) is 5.67. The predicted molar refractivity (Wildman–Crippen MR) is 67.4 cm³/mol. The minimum Gasteiger partial charge on any atom is -0.493 e. The molecule has 0 atom stereocenters. The molecular weight excluding hydrogens is 200 g/mol. The molecule has 1 aromatic carbocycles. The predicted octanol–water partition coefficient (Wildman–Crippen LogP) is 3.66. The van der Waals surface area contributed by atoms with Crippen LogP contribution in [0.1, 0.15) is 25.0 Å². The van der Waals surface area contributed by atoms with Crippen LogP contribution in [0.15, 0.2) is 24.3 Å². The monoisotopic (exact) mass is 220 g/mol. The van der Waals surface area contributed by atoms with E-state index >= 15 is 0 Å². The highest BCUT2D eigenvalue weighted by Gasteiger charge is 2.06. The summed E-state index contributed by atoms with van der Waals surface area (Å²) in [6.07, 6.45) is 3.97. The molecule has 0 bridgehead atoms. The van der Waals surface area contributed by atoms with E-state index in [0.717, 1.165) is 22.6 Å². The van der Waals surface area contributed by atoms with Crippen molar-refractivity contribution < 1.29 is 9.47 Å². The number of hydrogen-bond acceptors (Lipinski definition) is 2. The second-order valence-electron chi connectivity index (χ2n) is 3.70. The Hall–Kier alpha value is -1.44. The van der Waals surface area contributed by atoms with Gasteiger partial charge in [-0.1, -0.05) is 12.2 Å². The quantitative estimate of drug-likeness (QED) is 0.705. The third kappa shape index (κ3) is 3.30. The van der Waals surface area contributed by atoms with Gasteiger partial charge in [0, 0.05) is 0 Å². The number of aryl methyl sites for hydroxylation is 2. The number of allylic oxidation sites excluding steroid dienone is 1. The molecule has 0 aliphatic rings. The Morgan fingerprint density at radius 1 is 1.12 bits per heavy atom. The van der Waals surface area contributed by atoms with E-state index in [1.54, 1.807) is 0 Å². The van der Waals surface area contributed by atoms with Crippen LogP contribution in [0.2, 0.25) is 0 Å². The van der Waals surface area contributed by atoms with E-state index in [-0.39, 0.29) is 0 Å². The summed E-state index contributed by atoms with van der Waals surface area (Å²) in [5.74, 6) is 1.87. The van der Waals surface area contributed by atoms with E-state index < -0.39 is 0 Å². The van der Waals surface area contributed by atoms with Crippen molar-refractivity contribution in [1.82, 2.24) is 0 Å². The van der Waals surface area contributed by atoms with E-state index in [2.05, 4.69) is 0 Å². The average Bonchev–Trinajstić information content (AvgIpc) is 2.24. The van der Waals surface area contributed by atoms with Crippen molar-refractivity contribution in [2.24, 2.45) is 0 Å². The van der Waals surface area contributed by atoms with Gasteiger partial charge in [0.2, 0.25) is 0 Å². The zero-order valence-corrected chi connectivity index (χ0v) is 10.5. The standard InChI is InChI=1S/C14H20O2/c1-5-7-8-16-13-9-11(3)14(15-6-2)12(4)10-13/h5,7,9-10H,6,8H2,1-4H3/b7-5+. The van der Waals surface area contributed by atoms with Gasteiger partial charge < -0.3 is 9.47 Å². The molecule has 0 saturated heterocycles. The Morgan fingerprint density at radius 2 is 1.75 bits per heavy atom. The first-order chi connectivity index (χ1) is 7.69. The van der Waals surface area contributed by atoms with Crippen LogP contribution in [0.25, 0.3) is 0 Å². The molecule has 0 fully saturated rings. The maximum Gasteiger partial charge on any atom is 0.125 e. The molecule has 2 heteroatoms. The van der Waals surface area contributed by atoms with Crippen molar-refractivity contribution in [3.63, 3.8) is 0 Å². The van der Waals surface area contributed by atoms with Crippen LogP contribution in [-0.4, -0.2) is 13.2 Å². The molecule has 0 aliphatic carbocycles. The summed E-state index contributed by atoms with van der Waals surface area (Å²) in [5.41, 5.74) is 2.25. The average molecular weight is 220 g/mol. The Kier molecular flexibility index (Phi) is 4.90. The Bertz CT molecular complexity index is 344. The van der Waals surface area contributed by atoms with Crippen LogP contribution >= 0.6 is 0 Å². The summed E-state index contributed by atoms with van der Waals surface area (Å²) >= 11 is 0. The normalized spacial score (nSPS) is 10.8. The maximum atomic E-state index is 5.60. The van der Waals surface area contributed by atoms with Crippen LogP contribution in [0.3, 0.4) is 0 Å². The van der Waals surface area contributed by atoms with Gasteiger partial charge in [0.15, 0.2) is 0 Å². The molecule has 1 aromatic rings. The minimum absolute atomic E-state index is 0.614. The molecule has 0 heterocycles. The van der Waals surface area contributed by atoms with Crippen molar-refractivity contribution in [3.05, 3.63) is 35.4 Å². The van der Waals surface area contributed by atoms with Crippen molar-refractivity contribution in [2.45, 2.75) is 27.7 Å². The summed E-state index contributed by atoms with van der Waals surface area (Å²) in [7, 11) is 0. The zero-order valence-electron chi connectivity index (χ0n) is 10.5. The van der Waals surface area contributed by atoms with Crippen LogP contribution in [0.4, 0.5) is 0 Å². The summed E-state index contributed by atoms with van der Waals surface area (Å²) < 4.78 is 11.2. The van der Waals surface area contributed by atoms with Crippen LogP contribution in [0, 0.1) is 13.8 Å². The van der Waals surface area contributed by atoms with Gasteiger partial charge in [-0.2, -0.15) is 0 Å². The Balaban J connectivity index is 2.82. The molecule has 16 heavy (non-hydrogen) atoms. The highest BCUT2D eigenvalue weighted by atomic mass is 16.5. The first-order valence-electron chi connectivity index (χ1n) is 5.67. The fourth-order valence-corrected chi connectivity index (χ4v) is 1.61. The van der Waals surface area contributed by atoms with Crippen LogP contribution in [-0.2, 0) is 0 Å². The molecule has 0 N–H and O–H groups in total. The largest absolute Gasteiger partial charge is 0.493 e. The second kappa shape index (κ2) is 6.21. The van der Waals surface area contributed by atoms with Gasteiger partial charge in [-0.25, -0.2) is 0 Å². The highest BCUT2D eigenvalue weighted by Crippen LogP contribution is 2.28. The lowest BCUT2D eigenvalue weighted by molar-refractivity contribution is 0.331. The number of ether oxygens (including phenoxy) is 2. The lowest BCUT2D eigenvalue weighted by Gasteiger charge is -2.13. The van der Waals surface area contributed by atoms with E-state index in [4.69, 9.17) is 9.47 Å². The SMILES string of the molecule is C/C=C/COc1cc(C)c(OCC)c(C)c1. The smallest absolute Gasteiger partial charge is 0.125 e. The van der Waals surface area contributed by atoms with Gasteiger partial charge in [0.05, 0.1) is 6.61 Å². The molecule has 0 saturated carbocycles. The molecule has 88 valence electrons. The zero-order chi connectivity index (χ0) is 12.0. The van der Waals surface area contributed by atoms with Crippen LogP contribution < -0.4 is 9.47 Å². The lowest BCUT2D eigenvalue weighted by atomic mass is 10.1. The number of hydrogen-bond donors (Lipinski definition) is 0. The molecular formula is C14H20O2. The topological polar surface area (TPSA) is 18.5 Å². The molecule has 0 spiro atoms. The summed E-state index contributed by atoms with van der Waals surface area (Å²) in [6.45, 7) is 9.37. The molecule has 0 amide bonds. The Morgan fingerprint density at radius 3 is 2.25 bits per heavy atom. The lowest BCUT2D eigenvalue weighted by Crippen LogP contribution is -1.99. The van der Waals surface area contributed by atoms with Crippen LogP contribution in [0.5, 0.6) is 11.5 Å². The summed E-state index contributed by atoms with van der Waals surface area (Å²) in [5, 5.41) is 0. The van der Waals surface area contributed by atoms with Crippen molar-refractivity contribution >= 4 is 0 Å². The molecule has 0 aromatic heterocycles. The molecule has 0 unspecified atom stereocenters.